The number of likely N-dealkylation sites (N-methyl/N-ethyl adjacent to an activating group) is 1. The van der Waals surface area contributed by atoms with Crippen molar-refractivity contribution in [3.05, 3.63) is 30.1 Å². The molecule has 1 aromatic heterocycles. The Morgan fingerprint density at radius 3 is 2.69 bits per heavy atom. The van der Waals surface area contributed by atoms with Gasteiger partial charge in [-0.2, -0.15) is 4.80 Å². The van der Waals surface area contributed by atoms with Gasteiger partial charge in [0, 0.05) is 37.7 Å². The second-order valence-electron chi connectivity index (χ2n) is 7.86. The van der Waals surface area contributed by atoms with Gasteiger partial charge in [0.15, 0.2) is 0 Å². The number of aliphatic hydroxyl groups excluding tert-OH is 1. The first-order valence-electron chi connectivity index (χ1n) is 10.0. The average molecular weight is 404 g/mol. The normalized spacial score (nSPS) is 20.1. The molecule has 8 nitrogen and oxygen atoms in total. The summed E-state index contributed by atoms with van der Waals surface area (Å²) in [6.07, 6.45) is 2.91. The molecule has 0 bridgehead atoms. The van der Waals surface area contributed by atoms with Crippen LogP contribution in [0.2, 0.25) is 0 Å². The van der Waals surface area contributed by atoms with Crippen molar-refractivity contribution >= 4 is 5.91 Å². The molecule has 9 heteroatoms. The number of aromatic nitrogens is 4. The summed E-state index contributed by atoms with van der Waals surface area (Å²) >= 11 is 0. The van der Waals surface area contributed by atoms with E-state index in [2.05, 4.69) is 20.3 Å². The number of aryl methyl sites for hydroxylation is 1. The Bertz CT molecular complexity index is 795. The molecule has 0 radical (unpaired) electrons. The molecule has 1 saturated heterocycles. The van der Waals surface area contributed by atoms with Crippen molar-refractivity contribution in [1.29, 1.82) is 0 Å². The smallest absolute Gasteiger partial charge is 0.222 e. The summed E-state index contributed by atoms with van der Waals surface area (Å²) < 4.78 is 13.0. The fourth-order valence-electron chi connectivity index (χ4n) is 3.61. The van der Waals surface area contributed by atoms with Crippen molar-refractivity contribution in [3.63, 3.8) is 0 Å². The maximum absolute atomic E-state index is 13.0. The van der Waals surface area contributed by atoms with Gasteiger partial charge in [-0.3, -0.25) is 4.79 Å². The minimum Gasteiger partial charge on any atom is -0.396 e. The summed E-state index contributed by atoms with van der Waals surface area (Å²) in [7, 11) is 4.06. The average Bonchev–Trinajstić information content (AvgIpc) is 3.06. The molecule has 2 aromatic rings. The predicted molar refractivity (Wildman–Crippen MR) is 106 cm³/mol. The van der Waals surface area contributed by atoms with Crippen LogP contribution in [0.3, 0.4) is 0 Å². The number of carbonyl (C=O) groups excluding carboxylic acids is 1. The number of tetrazole rings is 1. The molecule has 0 spiro atoms. The highest BCUT2D eigenvalue weighted by atomic mass is 19.1. The van der Waals surface area contributed by atoms with Gasteiger partial charge in [0.05, 0.1) is 6.54 Å². The lowest BCUT2D eigenvalue weighted by atomic mass is 10.0. The quantitative estimate of drug-likeness (QED) is 0.751. The number of halogens is 1. The number of benzene rings is 1. The molecule has 29 heavy (non-hydrogen) atoms. The van der Waals surface area contributed by atoms with Crippen molar-refractivity contribution in [3.8, 4) is 11.4 Å². The van der Waals surface area contributed by atoms with Crippen LogP contribution in [0.5, 0.6) is 0 Å². The lowest BCUT2D eigenvalue weighted by Crippen LogP contribution is -2.42. The Morgan fingerprint density at radius 2 is 2.00 bits per heavy atom. The van der Waals surface area contributed by atoms with Crippen molar-refractivity contribution in [2.75, 3.05) is 33.8 Å². The van der Waals surface area contributed by atoms with E-state index in [1.165, 1.54) is 16.9 Å². The van der Waals surface area contributed by atoms with Crippen LogP contribution in [0.4, 0.5) is 4.39 Å². The molecule has 0 unspecified atom stereocenters. The van der Waals surface area contributed by atoms with Crippen molar-refractivity contribution in [2.24, 2.45) is 5.92 Å². The molecule has 2 atom stereocenters. The van der Waals surface area contributed by atoms with E-state index in [1.54, 1.807) is 12.1 Å². The summed E-state index contributed by atoms with van der Waals surface area (Å²) in [6, 6.07) is 6.25. The third kappa shape index (κ3) is 5.80. The van der Waals surface area contributed by atoms with E-state index in [1.807, 2.05) is 19.0 Å². The zero-order chi connectivity index (χ0) is 20.8. The minimum atomic E-state index is -0.312. The van der Waals surface area contributed by atoms with E-state index in [0.29, 0.717) is 49.9 Å². The van der Waals surface area contributed by atoms with Crippen molar-refractivity contribution in [1.82, 2.24) is 30.0 Å². The van der Waals surface area contributed by atoms with Crippen molar-refractivity contribution < 1.29 is 14.3 Å². The predicted octanol–water partition coefficient (Wildman–Crippen LogP) is 1.42. The molecule has 158 valence electrons. The first-order chi connectivity index (χ1) is 14.0. The number of amides is 1. The summed E-state index contributed by atoms with van der Waals surface area (Å²) in [5.41, 5.74) is 0.697. The number of carbonyl (C=O) groups is 1. The molecule has 1 N–H and O–H groups in total. The van der Waals surface area contributed by atoms with Gasteiger partial charge in [0.2, 0.25) is 11.7 Å². The van der Waals surface area contributed by atoms with Gasteiger partial charge >= 0.3 is 0 Å². The molecular formula is C20H29FN6O2. The highest BCUT2D eigenvalue weighted by molar-refractivity contribution is 5.76. The van der Waals surface area contributed by atoms with Gasteiger partial charge in [0.25, 0.3) is 0 Å². The van der Waals surface area contributed by atoms with Gasteiger partial charge in [0.1, 0.15) is 5.82 Å². The Morgan fingerprint density at radius 1 is 1.24 bits per heavy atom. The third-order valence-electron chi connectivity index (χ3n) is 5.46. The van der Waals surface area contributed by atoms with E-state index >= 15 is 0 Å². The van der Waals surface area contributed by atoms with Crippen LogP contribution in [0.25, 0.3) is 11.4 Å². The van der Waals surface area contributed by atoms with Gasteiger partial charge < -0.3 is 14.9 Å². The molecule has 1 amide bonds. The molecule has 2 heterocycles. The molecular weight excluding hydrogens is 375 g/mol. The van der Waals surface area contributed by atoms with E-state index in [9.17, 15) is 14.3 Å². The molecule has 1 aliphatic rings. The fourth-order valence-corrected chi connectivity index (χ4v) is 3.61. The van der Waals surface area contributed by atoms with E-state index < -0.39 is 0 Å². The number of hydrogen-bond donors (Lipinski definition) is 1. The number of rotatable bonds is 7. The largest absolute Gasteiger partial charge is 0.396 e. The van der Waals surface area contributed by atoms with E-state index in [4.69, 9.17) is 0 Å². The minimum absolute atomic E-state index is 0.0936. The monoisotopic (exact) mass is 404 g/mol. The van der Waals surface area contributed by atoms with E-state index in [0.717, 1.165) is 12.8 Å². The number of hydrogen-bond acceptors (Lipinski definition) is 6. The van der Waals surface area contributed by atoms with Gasteiger partial charge in [-0.05, 0) is 68.8 Å². The standard InChI is InChI=1S/C20H29FN6O2/c1-25(2)18-10-5-15(14-28)12-26(13-18)19(29)4-3-11-27-23-20(22-24-27)16-6-8-17(21)9-7-16/h6-9,15,18,28H,3-5,10-14H2,1-2H3/t15-,18+/m0/s1. The number of likely N-dealkylation sites (tertiary alicyclic amines) is 1. The van der Waals surface area contributed by atoms with Gasteiger partial charge in [-0.25, -0.2) is 4.39 Å². The molecule has 1 aromatic carbocycles. The topological polar surface area (TPSA) is 87.4 Å². The first-order valence-corrected chi connectivity index (χ1v) is 10.0. The number of aliphatic hydroxyl groups is 1. The highest BCUT2D eigenvalue weighted by Gasteiger charge is 2.27. The SMILES string of the molecule is CN(C)[C@@H]1CC[C@H](CO)CN(C(=O)CCCn2nnc(-c3ccc(F)cc3)n2)C1. The maximum atomic E-state index is 13.0. The fraction of sp³-hybridized carbons (Fsp3) is 0.600. The number of nitrogens with zero attached hydrogens (tertiary/aromatic N) is 6. The third-order valence-corrected chi connectivity index (χ3v) is 5.46. The Hall–Kier alpha value is -2.39. The Balaban J connectivity index is 1.53. The second-order valence-corrected chi connectivity index (χ2v) is 7.86. The maximum Gasteiger partial charge on any atom is 0.222 e. The van der Waals surface area contributed by atoms with Gasteiger partial charge in [-0.15, -0.1) is 10.2 Å². The van der Waals surface area contributed by atoms with Crippen LogP contribution in [-0.4, -0.2) is 80.9 Å². The first kappa shape index (κ1) is 21.3. The second kappa shape index (κ2) is 9.89. The zero-order valence-electron chi connectivity index (χ0n) is 17.0. The molecule has 1 aliphatic heterocycles. The van der Waals surface area contributed by atoms with Crippen LogP contribution in [-0.2, 0) is 11.3 Å². The molecule has 0 aliphatic carbocycles. The Kier molecular flexibility index (Phi) is 7.27. The molecule has 0 saturated carbocycles. The van der Waals surface area contributed by atoms with Crippen LogP contribution < -0.4 is 0 Å². The lowest BCUT2D eigenvalue weighted by Gasteiger charge is -2.29. The van der Waals surface area contributed by atoms with Crippen LogP contribution in [0, 0.1) is 11.7 Å². The van der Waals surface area contributed by atoms with E-state index in [-0.39, 0.29) is 24.2 Å². The van der Waals surface area contributed by atoms with Crippen LogP contribution >= 0.6 is 0 Å². The lowest BCUT2D eigenvalue weighted by molar-refractivity contribution is -0.132. The van der Waals surface area contributed by atoms with Crippen molar-refractivity contribution in [2.45, 2.75) is 38.3 Å². The summed E-state index contributed by atoms with van der Waals surface area (Å²) in [5.74, 6) is 0.354. The highest BCUT2D eigenvalue weighted by Crippen LogP contribution is 2.20. The van der Waals surface area contributed by atoms with Crippen LogP contribution in [0.1, 0.15) is 25.7 Å². The van der Waals surface area contributed by atoms with Crippen LogP contribution in [0.15, 0.2) is 24.3 Å². The molecule has 1 fully saturated rings. The summed E-state index contributed by atoms with van der Waals surface area (Å²) in [5, 5.41) is 21.9. The van der Waals surface area contributed by atoms with Gasteiger partial charge in [-0.1, -0.05) is 0 Å². The Labute approximate surface area is 170 Å². The summed E-state index contributed by atoms with van der Waals surface area (Å²) in [6.45, 7) is 1.89. The zero-order valence-corrected chi connectivity index (χ0v) is 17.0. The molecule has 3 rings (SSSR count). The summed E-state index contributed by atoms with van der Waals surface area (Å²) in [4.78, 5) is 18.3.